The average molecular weight is 251 g/mol. The third-order valence-corrected chi connectivity index (χ3v) is 3.73. The molecule has 0 fully saturated rings. The first-order valence-electron chi connectivity index (χ1n) is 5.33. The predicted molar refractivity (Wildman–Crippen MR) is 66.1 cm³/mol. The minimum atomic E-state index is -0.841. The highest BCUT2D eigenvalue weighted by atomic mass is 32.2. The van der Waals surface area contributed by atoms with E-state index in [1.807, 2.05) is 38.1 Å². The molecule has 1 atom stereocenters. The molecule has 1 unspecified atom stereocenters. The highest BCUT2D eigenvalue weighted by Gasteiger charge is 2.25. The minimum absolute atomic E-state index is 0.0208. The Morgan fingerprint density at radius 3 is 2.71 bits per heavy atom. The number of carboxylic acid groups (broad SMARTS) is 1. The lowest BCUT2D eigenvalue weighted by Crippen LogP contribution is -2.22. The van der Waals surface area contributed by atoms with Crippen molar-refractivity contribution >= 4 is 28.8 Å². The summed E-state index contributed by atoms with van der Waals surface area (Å²) in [5.74, 6) is -0.820. The first kappa shape index (κ1) is 12.0. The zero-order chi connectivity index (χ0) is 12.4. The maximum atomic E-state index is 11.1. The lowest BCUT2D eigenvalue weighted by molar-refractivity contribution is -0.137. The van der Waals surface area contributed by atoms with E-state index in [0.717, 1.165) is 17.3 Å². The van der Waals surface area contributed by atoms with Crippen LogP contribution in [0, 0.1) is 5.92 Å². The fraction of sp³-hybridized carbons (Fsp3) is 0.333. The van der Waals surface area contributed by atoms with Crippen molar-refractivity contribution in [3.8, 4) is 0 Å². The molecule has 2 aromatic rings. The monoisotopic (exact) mass is 251 g/mol. The molecule has 0 amide bonds. The van der Waals surface area contributed by atoms with Crippen LogP contribution in [0.5, 0.6) is 0 Å². The van der Waals surface area contributed by atoms with E-state index < -0.39 is 11.2 Å². The Morgan fingerprint density at radius 2 is 2.12 bits per heavy atom. The number of hydrogen-bond acceptors (Lipinski definition) is 4. The Bertz CT molecular complexity index is 502. The summed E-state index contributed by atoms with van der Waals surface area (Å²) in [6, 6.07) is 7.39. The molecule has 0 aliphatic carbocycles. The first-order valence-corrected chi connectivity index (χ1v) is 6.21. The Morgan fingerprint density at radius 1 is 1.41 bits per heavy atom. The molecular weight excluding hydrogens is 238 g/mol. The molecule has 0 saturated carbocycles. The van der Waals surface area contributed by atoms with E-state index in [0.29, 0.717) is 10.8 Å². The van der Waals surface area contributed by atoms with Crippen LogP contribution in [0.1, 0.15) is 13.8 Å². The number of rotatable bonds is 4. The second-order valence-electron chi connectivity index (χ2n) is 4.07. The Hall–Kier alpha value is -1.49. The molecule has 0 spiro atoms. The van der Waals surface area contributed by atoms with Gasteiger partial charge >= 0.3 is 5.97 Å². The van der Waals surface area contributed by atoms with Crippen molar-refractivity contribution < 1.29 is 14.3 Å². The van der Waals surface area contributed by atoms with Gasteiger partial charge < -0.3 is 9.52 Å². The summed E-state index contributed by atoms with van der Waals surface area (Å²) in [5.41, 5.74) is 1.44. The Kier molecular flexibility index (Phi) is 3.38. The van der Waals surface area contributed by atoms with Crippen LogP contribution in [-0.2, 0) is 4.79 Å². The average Bonchev–Trinajstić information content (AvgIpc) is 2.67. The van der Waals surface area contributed by atoms with Crippen molar-refractivity contribution in [3.05, 3.63) is 24.3 Å². The maximum absolute atomic E-state index is 11.1. The Labute approximate surface area is 103 Å². The molecule has 0 radical (unpaired) electrons. The normalized spacial score (nSPS) is 13.1. The van der Waals surface area contributed by atoms with Gasteiger partial charge in [0.25, 0.3) is 5.22 Å². The van der Waals surface area contributed by atoms with Gasteiger partial charge in [0.05, 0.1) is 0 Å². The van der Waals surface area contributed by atoms with Crippen molar-refractivity contribution in [1.82, 2.24) is 4.98 Å². The molecule has 1 aromatic heterocycles. The van der Waals surface area contributed by atoms with Gasteiger partial charge in [-0.25, -0.2) is 4.98 Å². The van der Waals surface area contributed by atoms with Crippen LogP contribution in [-0.4, -0.2) is 21.3 Å². The number of aliphatic carboxylic acids is 1. The maximum Gasteiger partial charge on any atom is 0.317 e. The third-order valence-electron chi connectivity index (χ3n) is 2.35. The van der Waals surface area contributed by atoms with Gasteiger partial charge in [0.15, 0.2) is 5.58 Å². The van der Waals surface area contributed by atoms with E-state index >= 15 is 0 Å². The molecule has 1 N–H and O–H groups in total. The van der Waals surface area contributed by atoms with E-state index in [1.165, 1.54) is 0 Å². The first-order chi connectivity index (χ1) is 8.08. The van der Waals surface area contributed by atoms with Crippen LogP contribution in [0.2, 0.25) is 0 Å². The summed E-state index contributed by atoms with van der Waals surface area (Å²) < 4.78 is 5.49. The van der Waals surface area contributed by atoms with Gasteiger partial charge in [0, 0.05) is 0 Å². The van der Waals surface area contributed by atoms with Gasteiger partial charge in [-0.1, -0.05) is 37.7 Å². The Balaban J connectivity index is 2.25. The molecule has 0 saturated heterocycles. The molecule has 17 heavy (non-hydrogen) atoms. The quantitative estimate of drug-likeness (QED) is 0.846. The zero-order valence-corrected chi connectivity index (χ0v) is 10.4. The van der Waals surface area contributed by atoms with Crippen molar-refractivity contribution in [1.29, 1.82) is 0 Å². The number of carbonyl (C=O) groups is 1. The van der Waals surface area contributed by atoms with E-state index in [4.69, 9.17) is 9.52 Å². The second kappa shape index (κ2) is 4.79. The summed E-state index contributed by atoms with van der Waals surface area (Å²) in [5, 5.41) is 8.96. The number of benzene rings is 1. The molecule has 90 valence electrons. The van der Waals surface area contributed by atoms with Crippen molar-refractivity contribution in [3.63, 3.8) is 0 Å². The lowest BCUT2D eigenvalue weighted by atomic mass is 10.1. The van der Waals surface area contributed by atoms with E-state index in [2.05, 4.69) is 4.98 Å². The summed E-state index contributed by atoms with van der Waals surface area (Å²) in [6.45, 7) is 3.74. The third kappa shape index (κ3) is 2.61. The molecule has 2 rings (SSSR count). The lowest BCUT2D eigenvalue weighted by Gasteiger charge is -2.12. The molecule has 0 aliphatic rings. The van der Waals surface area contributed by atoms with Crippen LogP contribution in [0.25, 0.3) is 11.1 Å². The fourth-order valence-electron chi connectivity index (χ4n) is 1.48. The largest absolute Gasteiger partial charge is 0.480 e. The van der Waals surface area contributed by atoms with Crippen LogP contribution >= 0.6 is 11.8 Å². The van der Waals surface area contributed by atoms with Gasteiger partial charge in [-0.05, 0) is 18.1 Å². The summed E-state index contributed by atoms with van der Waals surface area (Å²) in [7, 11) is 0. The van der Waals surface area contributed by atoms with Crippen molar-refractivity contribution in [2.75, 3.05) is 0 Å². The standard InChI is InChI=1S/C12H13NO3S/c1-7(2)10(11(14)15)17-12-13-8-5-3-4-6-9(8)16-12/h3-7,10H,1-2H3,(H,14,15). The molecule has 4 nitrogen and oxygen atoms in total. The highest BCUT2D eigenvalue weighted by molar-refractivity contribution is 8.00. The smallest absolute Gasteiger partial charge is 0.317 e. The molecule has 5 heteroatoms. The molecule has 0 bridgehead atoms. The van der Waals surface area contributed by atoms with E-state index in [1.54, 1.807) is 0 Å². The van der Waals surface area contributed by atoms with Gasteiger partial charge in [0.2, 0.25) is 0 Å². The number of thioether (sulfide) groups is 1. The second-order valence-corrected chi connectivity index (χ2v) is 5.16. The van der Waals surface area contributed by atoms with E-state index in [-0.39, 0.29) is 5.92 Å². The molecule has 0 aliphatic heterocycles. The number of carboxylic acids is 1. The number of aromatic nitrogens is 1. The number of hydrogen-bond donors (Lipinski definition) is 1. The summed E-state index contributed by atoms with van der Waals surface area (Å²) in [4.78, 5) is 15.3. The van der Waals surface area contributed by atoms with Crippen molar-refractivity contribution in [2.45, 2.75) is 24.3 Å². The van der Waals surface area contributed by atoms with Gasteiger partial charge in [-0.15, -0.1) is 0 Å². The highest BCUT2D eigenvalue weighted by Crippen LogP contribution is 2.30. The van der Waals surface area contributed by atoms with Crippen LogP contribution < -0.4 is 0 Å². The number of nitrogens with zero attached hydrogens (tertiary/aromatic N) is 1. The van der Waals surface area contributed by atoms with Crippen molar-refractivity contribution in [2.24, 2.45) is 5.92 Å². The van der Waals surface area contributed by atoms with E-state index in [9.17, 15) is 4.79 Å². The topological polar surface area (TPSA) is 63.3 Å². The predicted octanol–water partition coefficient (Wildman–Crippen LogP) is 3.03. The molecule has 1 heterocycles. The van der Waals surface area contributed by atoms with Crippen LogP contribution in [0.3, 0.4) is 0 Å². The SMILES string of the molecule is CC(C)C(Sc1nc2ccccc2o1)C(=O)O. The van der Waals surface area contributed by atoms with Crippen LogP contribution in [0.15, 0.2) is 33.9 Å². The van der Waals surface area contributed by atoms with Gasteiger partial charge in [0.1, 0.15) is 10.8 Å². The summed E-state index contributed by atoms with van der Waals surface area (Å²) in [6.07, 6.45) is 0. The van der Waals surface area contributed by atoms with Crippen LogP contribution in [0.4, 0.5) is 0 Å². The fourth-order valence-corrected chi connectivity index (χ4v) is 2.36. The summed E-state index contributed by atoms with van der Waals surface area (Å²) >= 11 is 1.15. The number of fused-ring (bicyclic) bond motifs is 1. The molecular formula is C12H13NO3S. The van der Waals surface area contributed by atoms with Gasteiger partial charge in [-0.3, -0.25) is 4.79 Å². The van der Waals surface area contributed by atoms with Gasteiger partial charge in [-0.2, -0.15) is 0 Å². The number of oxazole rings is 1. The molecule has 1 aromatic carbocycles. The zero-order valence-electron chi connectivity index (χ0n) is 9.58. The minimum Gasteiger partial charge on any atom is -0.480 e. The number of para-hydroxylation sites is 2.